The van der Waals surface area contributed by atoms with Crippen molar-refractivity contribution < 1.29 is 9.59 Å². The molecule has 0 bridgehead atoms. The molecule has 5 heteroatoms. The zero-order chi connectivity index (χ0) is 20.4. The minimum atomic E-state index is -0.122. The number of nitrogens with zero attached hydrogens (tertiary/aromatic N) is 2. The predicted octanol–water partition coefficient (Wildman–Crippen LogP) is 3.73. The number of hydrogen-bond donors (Lipinski definition) is 1. The summed E-state index contributed by atoms with van der Waals surface area (Å²) in [6, 6.07) is 21.3. The Morgan fingerprint density at radius 2 is 1.93 bits per heavy atom. The summed E-state index contributed by atoms with van der Waals surface area (Å²) >= 11 is 0. The molecule has 3 aromatic carbocycles. The number of likely N-dealkylation sites (tertiary alicyclic amines) is 1. The van der Waals surface area contributed by atoms with E-state index in [1.807, 2.05) is 60.7 Å². The number of amides is 2. The van der Waals surface area contributed by atoms with E-state index in [-0.39, 0.29) is 17.9 Å². The van der Waals surface area contributed by atoms with Crippen LogP contribution in [0.5, 0.6) is 0 Å². The van der Waals surface area contributed by atoms with Gasteiger partial charge in [-0.15, -0.1) is 0 Å². The smallest absolute Gasteiger partial charge is 0.251 e. The number of fused-ring (bicyclic) bond motifs is 1. The van der Waals surface area contributed by atoms with Crippen molar-refractivity contribution in [1.82, 2.24) is 10.2 Å². The largest absolute Gasteiger partial charge is 0.348 e. The number of carbonyl (C=O) groups is 2. The maximum Gasteiger partial charge on any atom is 0.251 e. The van der Waals surface area contributed by atoms with E-state index >= 15 is 0 Å². The quantitative estimate of drug-likeness (QED) is 0.749. The lowest BCUT2D eigenvalue weighted by Crippen LogP contribution is -2.48. The van der Waals surface area contributed by atoms with Gasteiger partial charge in [0, 0.05) is 31.6 Å². The lowest BCUT2D eigenvalue weighted by Gasteiger charge is -2.30. The summed E-state index contributed by atoms with van der Waals surface area (Å²) in [6.07, 6.45) is 1.14. The van der Waals surface area contributed by atoms with Gasteiger partial charge in [-0.25, -0.2) is 0 Å². The van der Waals surface area contributed by atoms with Crippen molar-refractivity contribution in [2.75, 3.05) is 13.6 Å². The molecule has 1 saturated heterocycles. The molecule has 144 valence electrons. The molecule has 2 amide bonds. The zero-order valence-electron chi connectivity index (χ0n) is 16.2. The number of likely N-dealkylation sites (N-methyl/N-ethyl adjacent to an activating group) is 1. The van der Waals surface area contributed by atoms with E-state index in [9.17, 15) is 9.59 Å². The third-order valence-corrected chi connectivity index (χ3v) is 5.43. The third-order valence-electron chi connectivity index (χ3n) is 5.43. The molecule has 1 N–H and O–H groups in total. The second kappa shape index (κ2) is 7.76. The molecule has 1 aliphatic rings. The van der Waals surface area contributed by atoms with Crippen LogP contribution >= 0.6 is 0 Å². The standard InChI is InChI=1S/C24H21N3O2/c1-27-15-20(10-12-23(27)28)26-24(29)19-9-11-22-18(13-19)3-2-4-21(22)17-7-5-16(14-25)6-8-17/h2-9,11,13,20H,10,12,15H2,1H3,(H,26,29). The van der Waals surface area contributed by atoms with Gasteiger partial charge >= 0.3 is 0 Å². The highest BCUT2D eigenvalue weighted by Gasteiger charge is 2.24. The molecule has 0 aliphatic carbocycles. The van der Waals surface area contributed by atoms with Crippen LogP contribution in [0.3, 0.4) is 0 Å². The Hall–Kier alpha value is -3.65. The van der Waals surface area contributed by atoms with Crippen LogP contribution in [-0.4, -0.2) is 36.3 Å². The zero-order valence-corrected chi connectivity index (χ0v) is 16.2. The summed E-state index contributed by atoms with van der Waals surface area (Å²) in [5, 5.41) is 14.1. The number of benzene rings is 3. The molecule has 0 radical (unpaired) electrons. The van der Waals surface area contributed by atoms with Crippen molar-refractivity contribution in [2.24, 2.45) is 0 Å². The molecule has 5 nitrogen and oxygen atoms in total. The van der Waals surface area contributed by atoms with Gasteiger partial charge in [0.1, 0.15) is 0 Å². The van der Waals surface area contributed by atoms with Crippen molar-refractivity contribution in [3.05, 3.63) is 71.8 Å². The summed E-state index contributed by atoms with van der Waals surface area (Å²) in [5.41, 5.74) is 3.32. The van der Waals surface area contributed by atoms with E-state index in [2.05, 4.69) is 11.4 Å². The molecule has 1 aliphatic heterocycles. The lowest BCUT2D eigenvalue weighted by molar-refractivity contribution is -0.132. The van der Waals surface area contributed by atoms with Crippen LogP contribution < -0.4 is 5.32 Å². The second-order valence-electron chi connectivity index (χ2n) is 7.41. The van der Waals surface area contributed by atoms with Crippen molar-refractivity contribution in [1.29, 1.82) is 5.26 Å². The summed E-state index contributed by atoms with van der Waals surface area (Å²) in [4.78, 5) is 26.0. The molecule has 1 atom stereocenters. The molecule has 1 fully saturated rings. The molecular formula is C24H21N3O2. The van der Waals surface area contributed by atoms with Crippen LogP contribution in [-0.2, 0) is 4.79 Å². The molecule has 29 heavy (non-hydrogen) atoms. The summed E-state index contributed by atoms with van der Waals surface area (Å²) in [7, 11) is 1.77. The second-order valence-corrected chi connectivity index (χ2v) is 7.41. The summed E-state index contributed by atoms with van der Waals surface area (Å²) in [6.45, 7) is 0.543. The van der Waals surface area contributed by atoms with Crippen LogP contribution in [0.25, 0.3) is 21.9 Å². The Kier molecular flexibility index (Phi) is 5.01. The minimum Gasteiger partial charge on any atom is -0.348 e. The highest BCUT2D eigenvalue weighted by Crippen LogP contribution is 2.29. The molecule has 0 aromatic heterocycles. The first kappa shape index (κ1) is 18.7. The summed E-state index contributed by atoms with van der Waals surface area (Å²) in [5.74, 6) is -0.0000359. The van der Waals surface area contributed by atoms with E-state index in [0.29, 0.717) is 30.5 Å². The van der Waals surface area contributed by atoms with Gasteiger partial charge in [0.05, 0.1) is 11.6 Å². The Morgan fingerprint density at radius 3 is 2.66 bits per heavy atom. The van der Waals surface area contributed by atoms with E-state index < -0.39 is 0 Å². The van der Waals surface area contributed by atoms with Gasteiger partial charge < -0.3 is 10.2 Å². The van der Waals surface area contributed by atoms with Crippen LogP contribution in [0.15, 0.2) is 60.7 Å². The van der Waals surface area contributed by atoms with Crippen molar-refractivity contribution in [2.45, 2.75) is 18.9 Å². The van der Waals surface area contributed by atoms with Crippen LogP contribution in [0, 0.1) is 11.3 Å². The molecular weight excluding hydrogens is 362 g/mol. The number of piperidine rings is 1. The normalized spacial score (nSPS) is 16.5. The molecule has 3 aromatic rings. The first-order valence-electron chi connectivity index (χ1n) is 9.63. The Balaban J connectivity index is 1.59. The Labute approximate surface area is 169 Å². The summed E-state index contributed by atoms with van der Waals surface area (Å²) < 4.78 is 0. The number of carbonyl (C=O) groups excluding carboxylic acids is 2. The van der Waals surface area contributed by atoms with Gasteiger partial charge in [-0.05, 0) is 52.6 Å². The van der Waals surface area contributed by atoms with Crippen LogP contribution in [0.4, 0.5) is 0 Å². The third kappa shape index (κ3) is 3.83. The Bertz CT molecular complexity index is 1130. The van der Waals surface area contributed by atoms with Crippen LogP contribution in [0.1, 0.15) is 28.8 Å². The van der Waals surface area contributed by atoms with E-state index in [1.54, 1.807) is 11.9 Å². The van der Waals surface area contributed by atoms with Gasteiger partial charge in [0.15, 0.2) is 0 Å². The maximum atomic E-state index is 12.7. The molecule has 0 saturated carbocycles. The maximum absolute atomic E-state index is 12.7. The highest BCUT2D eigenvalue weighted by molar-refractivity contribution is 6.02. The molecule has 0 spiro atoms. The SMILES string of the molecule is CN1CC(NC(=O)c2ccc3c(-c4ccc(C#N)cc4)cccc3c2)CCC1=O. The number of hydrogen-bond acceptors (Lipinski definition) is 3. The van der Waals surface area contributed by atoms with Crippen LogP contribution in [0.2, 0.25) is 0 Å². The fourth-order valence-electron chi connectivity index (χ4n) is 3.80. The minimum absolute atomic E-state index is 0.0223. The number of rotatable bonds is 3. The van der Waals surface area contributed by atoms with Crippen molar-refractivity contribution in [3.8, 4) is 17.2 Å². The first-order chi connectivity index (χ1) is 14.0. The van der Waals surface area contributed by atoms with Gasteiger partial charge in [-0.1, -0.05) is 36.4 Å². The van der Waals surface area contributed by atoms with E-state index in [1.165, 1.54) is 0 Å². The van der Waals surface area contributed by atoms with E-state index in [0.717, 1.165) is 21.9 Å². The number of nitrogens with one attached hydrogen (secondary N) is 1. The lowest BCUT2D eigenvalue weighted by atomic mass is 9.96. The van der Waals surface area contributed by atoms with Crippen molar-refractivity contribution in [3.63, 3.8) is 0 Å². The fourth-order valence-corrected chi connectivity index (χ4v) is 3.80. The highest BCUT2D eigenvalue weighted by atomic mass is 16.2. The van der Waals surface area contributed by atoms with E-state index in [4.69, 9.17) is 5.26 Å². The fraction of sp³-hybridized carbons (Fsp3) is 0.208. The van der Waals surface area contributed by atoms with Gasteiger partial charge in [-0.2, -0.15) is 5.26 Å². The van der Waals surface area contributed by atoms with Gasteiger partial charge in [0.25, 0.3) is 5.91 Å². The topological polar surface area (TPSA) is 73.2 Å². The first-order valence-corrected chi connectivity index (χ1v) is 9.63. The Morgan fingerprint density at radius 1 is 1.14 bits per heavy atom. The molecule has 4 rings (SSSR count). The van der Waals surface area contributed by atoms with Gasteiger partial charge in [0.2, 0.25) is 5.91 Å². The molecule has 1 heterocycles. The van der Waals surface area contributed by atoms with Crippen molar-refractivity contribution >= 4 is 22.6 Å². The number of nitriles is 1. The predicted molar refractivity (Wildman–Crippen MR) is 112 cm³/mol. The average molecular weight is 383 g/mol. The molecule has 1 unspecified atom stereocenters. The average Bonchev–Trinajstić information content (AvgIpc) is 2.75. The van der Waals surface area contributed by atoms with Gasteiger partial charge in [-0.3, -0.25) is 9.59 Å². The monoisotopic (exact) mass is 383 g/mol.